The molecule has 0 aliphatic rings. The molecule has 14 rings (SSSR count). The molecule has 4 heterocycles. The minimum absolute atomic E-state index is 0. The number of benzene rings is 10. The minimum Gasteiger partial charge on any atom is -0.498 e. The van der Waals surface area contributed by atoms with Gasteiger partial charge in [-0.3, -0.25) is 15.0 Å². The fraction of sp³-hybridized carbons (Fsp3) is 0.171. The maximum Gasteiger partial charge on any atom is 2.00 e. The normalized spacial score (nSPS) is 12.0. The first-order chi connectivity index (χ1) is 40.4. The van der Waals surface area contributed by atoms with Crippen LogP contribution in [0, 0.1) is 19.1 Å². The van der Waals surface area contributed by atoms with E-state index in [4.69, 9.17) is 24.1 Å². The molecule has 14 aromatic rings. The largest absolute Gasteiger partial charge is 2.00 e. The number of rotatable bonds is 12. The standard InChI is InChI=1S/C76H63N5O2.Pt/c1-44(2)59-38-53(49-23-12-10-13-24-49)39-60(45(3)4)71(59)80-67-33-20-18-31-65(67)78-75(80)52-28-22-29-55(37-52)82-56-42-63-70-74(69-57(48(9)77-70)36-35-51-27-16-17-30-58(51)69)83-73(63)64(43-56)76-79-66-32-19-21-34-68(66)81(76)72-61(46(5)6)40-54(41-62(72)47(7)8)50-25-14-11-15-26-50;/h10-36,38-42,44-47H,1-9H3;/q-2;+2. The fourth-order valence-corrected chi connectivity index (χ4v) is 12.5. The van der Waals surface area contributed by atoms with Crippen LogP contribution < -0.4 is 4.74 Å². The van der Waals surface area contributed by atoms with Crippen LogP contribution in [0.2, 0.25) is 0 Å². The second-order valence-electron chi connectivity index (χ2n) is 23.3. The van der Waals surface area contributed by atoms with Gasteiger partial charge in [-0.1, -0.05) is 200 Å². The van der Waals surface area contributed by atoms with Crippen LogP contribution in [0.3, 0.4) is 0 Å². The number of nitrogens with zero attached hydrogens (tertiary/aromatic N) is 5. The van der Waals surface area contributed by atoms with Crippen LogP contribution in [-0.4, -0.2) is 24.1 Å². The van der Waals surface area contributed by atoms with Crippen LogP contribution in [-0.2, 0) is 21.1 Å². The van der Waals surface area contributed by atoms with Crippen molar-refractivity contribution < 1.29 is 30.2 Å². The molecule has 0 bridgehead atoms. The average Bonchev–Trinajstić information content (AvgIpc) is 1.77. The van der Waals surface area contributed by atoms with Crippen molar-refractivity contribution in [2.45, 2.75) is 86.0 Å². The molecular formula is C76H63N5O2Pt. The van der Waals surface area contributed by atoms with E-state index in [1.165, 1.54) is 44.5 Å². The second-order valence-corrected chi connectivity index (χ2v) is 23.3. The molecule has 4 aromatic heterocycles. The number of aromatic nitrogens is 5. The Balaban J connectivity index is 0.00000658. The molecule has 0 fully saturated rings. The summed E-state index contributed by atoms with van der Waals surface area (Å²) in [5.74, 6) is 3.20. The number of furan rings is 1. The Kier molecular flexibility index (Phi) is 14.0. The van der Waals surface area contributed by atoms with Gasteiger partial charge in [0.1, 0.15) is 5.58 Å². The maximum absolute atomic E-state index is 7.36. The molecule has 414 valence electrons. The molecule has 0 N–H and O–H groups in total. The Hall–Kier alpha value is -8.90. The van der Waals surface area contributed by atoms with Gasteiger partial charge in [-0.15, -0.1) is 23.8 Å². The van der Waals surface area contributed by atoms with E-state index >= 15 is 0 Å². The van der Waals surface area contributed by atoms with E-state index in [2.05, 4.69) is 260 Å². The van der Waals surface area contributed by atoms with Crippen molar-refractivity contribution in [1.29, 1.82) is 0 Å². The van der Waals surface area contributed by atoms with Gasteiger partial charge in [0.25, 0.3) is 0 Å². The predicted molar refractivity (Wildman–Crippen MR) is 343 cm³/mol. The molecule has 0 radical (unpaired) electrons. The average molecular weight is 1270 g/mol. The third-order valence-corrected chi connectivity index (χ3v) is 16.6. The van der Waals surface area contributed by atoms with Gasteiger partial charge in [0.2, 0.25) is 0 Å². The predicted octanol–water partition coefficient (Wildman–Crippen LogP) is 20.8. The number of imidazole rings is 2. The Morgan fingerprint density at radius 1 is 0.429 bits per heavy atom. The smallest absolute Gasteiger partial charge is 0.498 e. The maximum atomic E-state index is 7.36. The van der Waals surface area contributed by atoms with Crippen molar-refractivity contribution in [3.05, 3.63) is 234 Å². The molecule has 0 atom stereocenters. The molecule has 0 aliphatic heterocycles. The van der Waals surface area contributed by atoms with Gasteiger partial charge < -0.3 is 18.3 Å². The van der Waals surface area contributed by atoms with Crippen LogP contribution in [0.15, 0.2) is 199 Å². The van der Waals surface area contributed by atoms with E-state index in [9.17, 15) is 0 Å². The van der Waals surface area contributed by atoms with E-state index in [-0.39, 0.29) is 44.7 Å². The topological polar surface area (TPSA) is 70.9 Å². The van der Waals surface area contributed by atoms with Gasteiger partial charge >= 0.3 is 21.1 Å². The first-order valence-electron chi connectivity index (χ1n) is 29.1. The molecule has 84 heavy (non-hydrogen) atoms. The minimum atomic E-state index is 0. The Labute approximate surface area is 504 Å². The summed E-state index contributed by atoms with van der Waals surface area (Å²) in [5.41, 5.74) is 20.1. The third-order valence-electron chi connectivity index (χ3n) is 16.6. The summed E-state index contributed by atoms with van der Waals surface area (Å²) >= 11 is 0. The van der Waals surface area contributed by atoms with Crippen molar-refractivity contribution in [1.82, 2.24) is 24.1 Å². The Morgan fingerprint density at radius 2 is 0.940 bits per heavy atom. The summed E-state index contributed by atoms with van der Waals surface area (Å²) in [6.45, 7) is 20.4. The number of aryl methyl sites for hydroxylation is 1. The van der Waals surface area contributed by atoms with Gasteiger partial charge in [0.15, 0.2) is 0 Å². The van der Waals surface area contributed by atoms with E-state index in [1.807, 2.05) is 18.2 Å². The quantitative estimate of drug-likeness (QED) is 0.0900. The zero-order valence-electron chi connectivity index (χ0n) is 48.7. The summed E-state index contributed by atoms with van der Waals surface area (Å²) in [6.07, 6.45) is 0. The molecule has 0 aliphatic carbocycles. The van der Waals surface area contributed by atoms with Gasteiger partial charge in [-0.25, -0.2) is 0 Å². The summed E-state index contributed by atoms with van der Waals surface area (Å²) in [7, 11) is 0. The summed E-state index contributed by atoms with van der Waals surface area (Å²) in [6, 6.07) is 76.2. The first-order valence-corrected chi connectivity index (χ1v) is 29.1. The van der Waals surface area contributed by atoms with Crippen LogP contribution in [0.4, 0.5) is 0 Å². The molecular weight excluding hydrogens is 1210 g/mol. The SMILES string of the molecule is Cc1nc2c3cc(Oc4[c-]c(-c5nc6ccccc6n5-c5c(C(C)C)cc(-c6ccccc6)cc5C(C)C)ccc4)[c-]c(-c4nc5ccccc5n4-c4c(C(C)C)cc(-c5ccccc5)cc4C(C)C)c3oc2c2c1ccc1ccccc12.[Pt+2]. The van der Waals surface area contributed by atoms with E-state index in [1.54, 1.807) is 0 Å². The van der Waals surface area contributed by atoms with Crippen LogP contribution in [0.5, 0.6) is 11.5 Å². The number of ether oxygens (including phenoxy) is 1. The summed E-state index contributed by atoms with van der Waals surface area (Å²) < 4.78 is 19.2. The van der Waals surface area contributed by atoms with E-state index < -0.39 is 0 Å². The molecule has 0 spiro atoms. The molecule has 0 unspecified atom stereocenters. The number of para-hydroxylation sites is 4. The number of hydrogen-bond donors (Lipinski definition) is 0. The molecule has 7 nitrogen and oxygen atoms in total. The van der Waals surface area contributed by atoms with E-state index in [0.717, 1.165) is 83.0 Å². The molecule has 0 saturated carbocycles. The number of hydrogen-bond acceptors (Lipinski definition) is 5. The Bertz CT molecular complexity index is 4800. The van der Waals surface area contributed by atoms with Crippen molar-refractivity contribution in [3.63, 3.8) is 0 Å². The zero-order valence-corrected chi connectivity index (χ0v) is 50.9. The second kappa shape index (κ2) is 21.7. The van der Waals surface area contributed by atoms with Crippen molar-refractivity contribution >= 4 is 65.7 Å². The first kappa shape index (κ1) is 54.4. The van der Waals surface area contributed by atoms with Gasteiger partial charge in [0, 0.05) is 39.3 Å². The fourth-order valence-electron chi connectivity index (χ4n) is 12.5. The monoisotopic (exact) mass is 1270 g/mol. The van der Waals surface area contributed by atoms with Gasteiger partial charge in [0.05, 0.1) is 44.8 Å². The van der Waals surface area contributed by atoms with Crippen molar-refractivity contribution in [2.75, 3.05) is 0 Å². The van der Waals surface area contributed by atoms with Gasteiger partial charge in [-0.05, 0) is 140 Å². The number of pyridine rings is 1. The molecule has 8 heteroatoms. The summed E-state index contributed by atoms with van der Waals surface area (Å²) in [5, 5.41) is 5.08. The van der Waals surface area contributed by atoms with Crippen LogP contribution >= 0.6 is 0 Å². The summed E-state index contributed by atoms with van der Waals surface area (Å²) in [4.78, 5) is 16.4. The van der Waals surface area contributed by atoms with Crippen molar-refractivity contribution in [2.24, 2.45) is 0 Å². The molecule has 0 amide bonds. The molecule has 0 saturated heterocycles. The molecule has 10 aromatic carbocycles. The van der Waals surface area contributed by atoms with E-state index in [0.29, 0.717) is 34.1 Å². The Morgan fingerprint density at radius 3 is 1.51 bits per heavy atom. The zero-order chi connectivity index (χ0) is 56.8. The van der Waals surface area contributed by atoms with Gasteiger partial charge in [-0.2, -0.15) is 0 Å². The van der Waals surface area contributed by atoms with Crippen LogP contribution in [0.1, 0.15) is 107 Å². The van der Waals surface area contributed by atoms with Crippen LogP contribution in [0.25, 0.3) is 122 Å². The van der Waals surface area contributed by atoms with Crippen molar-refractivity contribution in [3.8, 4) is 67.9 Å². The number of fused-ring (bicyclic) bond motifs is 9. The third kappa shape index (κ3) is 9.21.